The maximum atomic E-state index is 12.7. The Hall–Kier alpha value is -2.73. The van der Waals surface area contributed by atoms with Gasteiger partial charge in [0.15, 0.2) is 0 Å². The lowest BCUT2D eigenvalue weighted by molar-refractivity contribution is -0.114. The molecule has 1 fully saturated rings. The summed E-state index contributed by atoms with van der Waals surface area (Å²) in [6.45, 7) is 2.94. The molecule has 0 aromatic heterocycles. The van der Waals surface area contributed by atoms with Gasteiger partial charge in [0.05, 0.1) is 23.7 Å². The van der Waals surface area contributed by atoms with E-state index in [1.165, 1.54) is 32.1 Å². The minimum atomic E-state index is -0.190. The van der Waals surface area contributed by atoms with Crippen LogP contribution in [0.15, 0.2) is 42.5 Å². The van der Waals surface area contributed by atoms with Crippen LogP contribution in [0.1, 0.15) is 81.5 Å². The first-order valence-electron chi connectivity index (χ1n) is 12.9. The van der Waals surface area contributed by atoms with Gasteiger partial charge in [0.1, 0.15) is 5.75 Å². The first-order chi connectivity index (χ1) is 17.0. The van der Waals surface area contributed by atoms with Crippen LogP contribution in [0.3, 0.4) is 0 Å². The van der Waals surface area contributed by atoms with E-state index >= 15 is 0 Å². The average molecular weight is 500 g/mol. The Bertz CT molecular complexity index is 960. The van der Waals surface area contributed by atoms with E-state index in [1.54, 1.807) is 18.2 Å². The van der Waals surface area contributed by atoms with Crippen LogP contribution in [0.2, 0.25) is 5.02 Å². The predicted octanol–water partition coefficient (Wildman–Crippen LogP) is 6.80. The van der Waals surface area contributed by atoms with Crippen LogP contribution in [-0.4, -0.2) is 31.0 Å². The molecule has 7 heteroatoms. The summed E-state index contributed by atoms with van der Waals surface area (Å²) in [5.74, 6) is 0.389. The van der Waals surface area contributed by atoms with Crippen molar-refractivity contribution in [1.82, 2.24) is 5.32 Å². The highest BCUT2D eigenvalue weighted by atomic mass is 35.5. The van der Waals surface area contributed by atoms with Crippen LogP contribution < -0.4 is 20.7 Å². The molecular weight excluding hydrogens is 462 g/mol. The Kier molecular flexibility index (Phi) is 11.2. The number of carbonyl (C=O) groups excluding carboxylic acids is 2. The van der Waals surface area contributed by atoms with E-state index in [2.05, 4.69) is 22.9 Å². The lowest BCUT2D eigenvalue weighted by atomic mass is 9.95. The van der Waals surface area contributed by atoms with Crippen molar-refractivity contribution >= 4 is 34.8 Å². The zero-order chi connectivity index (χ0) is 24.9. The number of anilines is 2. The molecule has 0 saturated heterocycles. The summed E-state index contributed by atoms with van der Waals surface area (Å²) in [4.78, 5) is 25.2. The minimum Gasteiger partial charge on any atom is -0.494 e. The van der Waals surface area contributed by atoms with Gasteiger partial charge in [0.2, 0.25) is 5.91 Å². The number of unbranched alkanes of at least 4 members (excludes halogenated alkanes) is 4. The fourth-order valence-corrected chi connectivity index (χ4v) is 4.47. The van der Waals surface area contributed by atoms with Gasteiger partial charge in [-0.3, -0.25) is 9.59 Å². The number of nitrogens with one attached hydrogen (secondary N) is 3. The molecule has 190 valence electrons. The number of hydrogen-bond acceptors (Lipinski definition) is 4. The second-order valence-electron chi connectivity index (χ2n) is 9.20. The van der Waals surface area contributed by atoms with Gasteiger partial charge in [-0.2, -0.15) is 0 Å². The zero-order valence-corrected chi connectivity index (χ0v) is 21.5. The molecule has 0 atom stereocenters. The number of carbonyl (C=O) groups is 2. The lowest BCUT2D eigenvalue weighted by Crippen LogP contribution is -2.36. The summed E-state index contributed by atoms with van der Waals surface area (Å²) in [6, 6.07) is 12.8. The maximum Gasteiger partial charge on any atom is 0.253 e. The van der Waals surface area contributed by atoms with Crippen LogP contribution >= 0.6 is 11.6 Å². The number of halogens is 1. The molecule has 3 N–H and O–H groups in total. The van der Waals surface area contributed by atoms with Crippen molar-refractivity contribution < 1.29 is 14.3 Å². The summed E-state index contributed by atoms with van der Waals surface area (Å²) >= 11 is 6.28. The third kappa shape index (κ3) is 9.44. The summed E-state index contributed by atoms with van der Waals surface area (Å²) < 4.78 is 5.82. The summed E-state index contributed by atoms with van der Waals surface area (Å²) in [5.41, 5.74) is 1.77. The quantitative estimate of drug-likeness (QED) is 0.265. The summed E-state index contributed by atoms with van der Waals surface area (Å²) in [5, 5.41) is 9.46. The first-order valence-corrected chi connectivity index (χ1v) is 13.3. The number of rotatable bonds is 13. The fraction of sp³-hybridized carbons (Fsp3) is 0.500. The second kappa shape index (κ2) is 14.6. The highest BCUT2D eigenvalue weighted by Gasteiger charge is 2.18. The van der Waals surface area contributed by atoms with Crippen molar-refractivity contribution in [2.24, 2.45) is 0 Å². The van der Waals surface area contributed by atoms with Gasteiger partial charge in [0.25, 0.3) is 5.91 Å². The third-order valence-corrected chi connectivity index (χ3v) is 6.57. The van der Waals surface area contributed by atoms with E-state index in [9.17, 15) is 9.59 Å². The number of benzene rings is 2. The second-order valence-corrected chi connectivity index (χ2v) is 9.60. The van der Waals surface area contributed by atoms with E-state index in [-0.39, 0.29) is 24.4 Å². The van der Waals surface area contributed by atoms with Crippen LogP contribution in [-0.2, 0) is 4.79 Å². The molecule has 0 spiro atoms. The van der Waals surface area contributed by atoms with Crippen LogP contribution in [0.25, 0.3) is 0 Å². The Morgan fingerprint density at radius 3 is 2.57 bits per heavy atom. The number of ether oxygens (including phenoxy) is 1. The molecule has 35 heavy (non-hydrogen) atoms. The molecule has 0 radical (unpaired) electrons. The Morgan fingerprint density at radius 2 is 1.77 bits per heavy atom. The highest BCUT2D eigenvalue weighted by Crippen LogP contribution is 2.23. The molecule has 2 amide bonds. The van der Waals surface area contributed by atoms with Crippen LogP contribution in [0.4, 0.5) is 11.4 Å². The van der Waals surface area contributed by atoms with E-state index in [4.69, 9.17) is 16.3 Å². The van der Waals surface area contributed by atoms with Gasteiger partial charge in [-0.25, -0.2) is 0 Å². The molecule has 0 bridgehead atoms. The monoisotopic (exact) mass is 499 g/mol. The number of amides is 2. The topological polar surface area (TPSA) is 79.5 Å². The molecule has 2 aromatic rings. The molecule has 6 nitrogen and oxygen atoms in total. The van der Waals surface area contributed by atoms with E-state index in [1.807, 2.05) is 24.3 Å². The van der Waals surface area contributed by atoms with Crippen LogP contribution in [0, 0.1) is 0 Å². The highest BCUT2D eigenvalue weighted by molar-refractivity contribution is 6.34. The van der Waals surface area contributed by atoms with Gasteiger partial charge in [-0.1, -0.05) is 69.5 Å². The van der Waals surface area contributed by atoms with Gasteiger partial charge >= 0.3 is 0 Å². The molecule has 1 saturated carbocycles. The standard InChI is InChI=1S/C28H38ClN3O3/c1-2-3-4-5-9-17-35-24-14-10-13-23(18-24)31-27(33)20-30-22-15-16-26(29)25(19-22)28(34)32-21-11-7-6-8-12-21/h10,13-16,18-19,21,30H,2-9,11-12,17,20H2,1H3,(H,31,33)(H,32,34). The summed E-state index contributed by atoms with van der Waals surface area (Å²) in [6.07, 6.45) is 11.5. The Balaban J connectivity index is 1.46. The SMILES string of the molecule is CCCCCCCOc1cccc(NC(=O)CNc2ccc(Cl)c(C(=O)NC3CCCCC3)c2)c1. The lowest BCUT2D eigenvalue weighted by Gasteiger charge is -2.23. The Labute approximate surface area is 214 Å². The van der Waals surface area contributed by atoms with Gasteiger partial charge in [-0.15, -0.1) is 0 Å². The van der Waals surface area contributed by atoms with Crippen molar-refractivity contribution in [1.29, 1.82) is 0 Å². The molecular formula is C28H38ClN3O3. The van der Waals surface area contributed by atoms with Crippen LogP contribution in [0.5, 0.6) is 5.75 Å². The first kappa shape index (κ1) is 26.9. The molecule has 0 aliphatic heterocycles. The number of hydrogen-bond donors (Lipinski definition) is 3. The van der Waals surface area contributed by atoms with Crippen molar-refractivity contribution in [3.63, 3.8) is 0 Å². The molecule has 0 heterocycles. The van der Waals surface area contributed by atoms with Gasteiger partial charge in [0, 0.05) is 23.5 Å². The predicted molar refractivity (Wildman–Crippen MR) is 144 cm³/mol. The fourth-order valence-electron chi connectivity index (χ4n) is 4.27. The van der Waals surface area contributed by atoms with Crippen molar-refractivity contribution in [2.75, 3.05) is 23.8 Å². The average Bonchev–Trinajstić information content (AvgIpc) is 2.86. The van der Waals surface area contributed by atoms with Crippen molar-refractivity contribution in [3.05, 3.63) is 53.1 Å². The maximum absolute atomic E-state index is 12.7. The van der Waals surface area contributed by atoms with Gasteiger partial charge in [-0.05, 0) is 49.6 Å². The molecule has 0 unspecified atom stereocenters. The van der Waals surface area contributed by atoms with E-state index in [0.717, 1.165) is 37.9 Å². The molecule has 2 aromatic carbocycles. The van der Waals surface area contributed by atoms with Gasteiger partial charge < -0.3 is 20.7 Å². The van der Waals surface area contributed by atoms with E-state index in [0.29, 0.717) is 28.6 Å². The largest absolute Gasteiger partial charge is 0.494 e. The minimum absolute atomic E-state index is 0.0633. The Morgan fingerprint density at radius 1 is 0.971 bits per heavy atom. The molecule has 1 aliphatic carbocycles. The third-order valence-electron chi connectivity index (χ3n) is 6.24. The van der Waals surface area contributed by atoms with E-state index < -0.39 is 0 Å². The molecule has 3 rings (SSSR count). The van der Waals surface area contributed by atoms with Crippen molar-refractivity contribution in [3.8, 4) is 5.75 Å². The van der Waals surface area contributed by atoms with Crippen molar-refractivity contribution in [2.45, 2.75) is 77.2 Å². The normalized spacial score (nSPS) is 13.8. The summed E-state index contributed by atoms with van der Waals surface area (Å²) in [7, 11) is 0. The smallest absolute Gasteiger partial charge is 0.253 e. The zero-order valence-electron chi connectivity index (χ0n) is 20.7. The molecule has 1 aliphatic rings.